The zero-order valence-corrected chi connectivity index (χ0v) is 27.7. The van der Waals surface area contributed by atoms with Crippen molar-refractivity contribution in [2.24, 2.45) is 0 Å². The van der Waals surface area contributed by atoms with Crippen LogP contribution in [0.3, 0.4) is 0 Å². The van der Waals surface area contributed by atoms with E-state index in [0.29, 0.717) is 40.5 Å². The molecule has 10 heteroatoms. The van der Waals surface area contributed by atoms with Gasteiger partial charge in [0.15, 0.2) is 6.10 Å². The van der Waals surface area contributed by atoms with Crippen LogP contribution < -0.4 is 20.1 Å². The molecule has 0 bridgehead atoms. The molecule has 0 aromatic heterocycles. The van der Waals surface area contributed by atoms with Crippen LogP contribution in [-0.4, -0.2) is 48.6 Å². The SMILES string of the molecule is CCCCCCCOc1ccc(C(=O)Oc2ccc(CC(NC(=O)c3ccc(NC(=O)C(OC)c4ccccc4)cc3)C(=O)O)cc2)cc1. The summed E-state index contributed by atoms with van der Waals surface area (Å²) in [4.78, 5) is 50.3. The molecule has 2 atom stereocenters. The third kappa shape index (κ3) is 11.3. The van der Waals surface area contributed by atoms with Crippen molar-refractivity contribution in [3.63, 3.8) is 0 Å². The van der Waals surface area contributed by atoms with Crippen LogP contribution in [0.1, 0.15) is 77.0 Å². The first-order valence-corrected chi connectivity index (χ1v) is 16.3. The number of benzene rings is 4. The summed E-state index contributed by atoms with van der Waals surface area (Å²) in [6.45, 7) is 2.81. The summed E-state index contributed by atoms with van der Waals surface area (Å²) in [5.41, 5.74) is 2.36. The van der Waals surface area contributed by atoms with Crippen LogP contribution in [0.15, 0.2) is 103 Å². The normalized spacial score (nSPS) is 12.0. The van der Waals surface area contributed by atoms with Crippen molar-refractivity contribution in [1.29, 1.82) is 0 Å². The Bertz CT molecular complexity index is 1660. The smallest absolute Gasteiger partial charge is 0.343 e. The van der Waals surface area contributed by atoms with E-state index in [9.17, 15) is 24.3 Å². The van der Waals surface area contributed by atoms with Crippen molar-refractivity contribution in [2.75, 3.05) is 19.0 Å². The van der Waals surface area contributed by atoms with Gasteiger partial charge in [-0.25, -0.2) is 9.59 Å². The molecule has 0 aliphatic carbocycles. The van der Waals surface area contributed by atoms with Crippen LogP contribution >= 0.6 is 0 Å². The van der Waals surface area contributed by atoms with Gasteiger partial charge >= 0.3 is 11.9 Å². The number of methoxy groups -OCH3 is 1. The van der Waals surface area contributed by atoms with Gasteiger partial charge in [-0.3, -0.25) is 9.59 Å². The lowest BCUT2D eigenvalue weighted by molar-refractivity contribution is -0.139. The highest BCUT2D eigenvalue weighted by Gasteiger charge is 2.23. The number of ether oxygens (including phenoxy) is 3. The molecule has 4 aromatic carbocycles. The third-order valence-electron chi connectivity index (χ3n) is 7.77. The molecule has 0 aliphatic heterocycles. The maximum Gasteiger partial charge on any atom is 0.343 e. The fourth-order valence-electron chi connectivity index (χ4n) is 5.05. The molecule has 0 fully saturated rings. The molecule has 2 unspecified atom stereocenters. The maximum atomic E-state index is 12.9. The predicted octanol–water partition coefficient (Wildman–Crippen LogP) is 7.01. The van der Waals surface area contributed by atoms with Crippen LogP contribution in [-0.2, 0) is 20.7 Å². The number of unbranched alkanes of at least 4 members (excludes halogenated alkanes) is 4. The summed E-state index contributed by atoms with van der Waals surface area (Å²) in [6, 6.07) is 27.1. The second-order valence-corrected chi connectivity index (χ2v) is 11.5. The first kappa shape index (κ1) is 36.4. The zero-order chi connectivity index (χ0) is 35.0. The number of carboxylic acid groups (broad SMARTS) is 1. The fraction of sp³-hybridized carbons (Fsp3) is 0.282. The summed E-state index contributed by atoms with van der Waals surface area (Å²) in [7, 11) is 1.45. The standard InChI is InChI=1S/C39H42N2O8/c1-3-4-5-6-10-25-48-32-23-17-30(18-24-32)39(46)49-33-21-13-27(14-22-33)26-34(38(44)45)41-36(42)29-15-19-31(20-16-29)40-37(43)35(47-2)28-11-8-7-9-12-28/h7-9,11-24,34-35H,3-6,10,25-26H2,1-2H3,(H,40,43)(H,41,42)(H,44,45). The van der Waals surface area contributed by atoms with Crippen molar-refractivity contribution >= 4 is 29.4 Å². The van der Waals surface area contributed by atoms with E-state index in [4.69, 9.17) is 14.2 Å². The number of amides is 2. The molecular formula is C39H42N2O8. The van der Waals surface area contributed by atoms with E-state index in [1.807, 2.05) is 18.2 Å². The van der Waals surface area contributed by atoms with Crippen LogP contribution in [0.4, 0.5) is 5.69 Å². The number of carboxylic acids is 1. The van der Waals surface area contributed by atoms with Gasteiger partial charge in [-0.1, -0.05) is 75.1 Å². The topological polar surface area (TPSA) is 140 Å². The fourth-order valence-corrected chi connectivity index (χ4v) is 5.05. The third-order valence-corrected chi connectivity index (χ3v) is 7.77. The molecule has 4 rings (SSSR count). The quantitative estimate of drug-likeness (QED) is 0.0586. The molecular weight excluding hydrogens is 624 g/mol. The van der Waals surface area contributed by atoms with E-state index in [2.05, 4.69) is 17.6 Å². The Hall–Kier alpha value is -5.48. The molecule has 0 saturated carbocycles. The Morgan fingerprint density at radius 2 is 1.37 bits per heavy atom. The first-order valence-electron chi connectivity index (χ1n) is 16.3. The average Bonchev–Trinajstić information content (AvgIpc) is 3.11. The summed E-state index contributed by atoms with van der Waals surface area (Å²) in [5.74, 6) is -1.71. The number of nitrogens with one attached hydrogen (secondary N) is 2. The summed E-state index contributed by atoms with van der Waals surface area (Å²) >= 11 is 0. The van der Waals surface area contributed by atoms with E-state index >= 15 is 0 Å². The molecule has 0 radical (unpaired) electrons. The molecule has 0 saturated heterocycles. The molecule has 4 aromatic rings. The summed E-state index contributed by atoms with van der Waals surface area (Å²) in [5, 5.41) is 15.1. The number of hydrogen-bond donors (Lipinski definition) is 3. The highest BCUT2D eigenvalue weighted by Crippen LogP contribution is 2.21. The van der Waals surface area contributed by atoms with Crippen molar-refractivity contribution < 1.29 is 38.5 Å². The minimum Gasteiger partial charge on any atom is -0.494 e. The highest BCUT2D eigenvalue weighted by atomic mass is 16.5. The second-order valence-electron chi connectivity index (χ2n) is 11.5. The average molecular weight is 667 g/mol. The first-order chi connectivity index (χ1) is 23.8. The molecule has 3 N–H and O–H groups in total. The number of carbonyl (C=O) groups is 4. The van der Waals surface area contributed by atoms with Gasteiger partial charge in [0.25, 0.3) is 11.8 Å². The van der Waals surface area contributed by atoms with Gasteiger partial charge in [0, 0.05) is 24.8 Å². The Balaban J connectivity index is 1.26. The minimum atomic E-state index is -1.22. The van der Waals surface area contributed by atoms with Gasteiger partial charge in [0.1, 0.15) is 17.5 Å². The number of aliphatic carboxylic acids is 1. The number of hydrogen-bond acceptors (Lipinski definition) is 7. The van der Waals surface area contributed by atoms with E-state index in [1.165, 1.54) is 38.5 Å². The Kier molecular flexibility index (Phi) is 13.9. The lowest BCUT2D eigenvalue weighted by Crippen LogP contribution is -2.42. The monoisotopic (exact) mass is 666 g/mol. The maximum absolute atomic E-state index is 12.9. The molecule has 10 nitrogen and oxygen atoms in total. The Labute approximate surface area is 286 Å². The van der Waals surface area contributed by atoms with Crippen LogP contribution in [0.25, 0.3) is 0 Å². The van der Waals surface area contributed by atoms with Gasteiger partial charge in [-0.15, -0.1) is 0 Å². The zero-order valence-electron chi connectivity index (χ0n) is 27.7. The lowest BCUT2D eigenvalue weighted by Gasteiger charge is -2.16. The van der Waals surface area contributed by atoms with E-state index < -0.39 is 30.0 Å². The van der Waals surface area contributed by atoms with Gasteiger partial charge in [0.2, 0.25) is 0 Å². The van der Waals surface area contributed by atoms with E-state index in [1.54, 1.807) is 72.8 Å². The molecule has 256 valence electrons. The van der Waals surface area contributed by atoms with E-state index in [0.717, 1.165) is 12.8 Å². The minimum absolute atomic E-state index is 0.00139. The van der Waals surface area contributed by atoms with Gasteiger partial charge in [0.05, 0.1) is 12.2 Å². The number of esters is 1. The predicted molar refractivity (Wildman–Crippen MR) is 186 cm³/mol. The van der Waals surface area contributed by atoms with Crippen molar-refractivity contribution in [3.05, 3.63) is 125 Å². The second kappa shape index (κ2) is 18.8. The highest BCUT2D eigenvalue weighted by molar-refractivity contribution is 5.98. The van der Waals surface area contributed by atoms with Crippen LogP contribution in [0.2, 0.25) is 0 Å². The molecule has 0 aliphatic rings. The number of anilines is 1. The summed E-state index contributed by atoms with van der Waals surface area (Å²) in [6.07, 6.45) is 4.94. The van der Waals surface area contributed by atoms with Gasteiger partial charge in [-0.05, 0) is 78.2 Å². The Morgan fingerprint density at radius 1 is 0.735 bits per heavy atom. The number of carbonyl (C=O) groups excluding carboxylic acids is 3. The van der Waals surface area contributed by atoms with Crippen LogP contribution in [0.5, 0.6) is 11.5 Å². The molecule has 49 heavy (non-hydrogen) atoms. The summed E-state index contributed by atoms with van der Waals surface area (Å²) < 4.78 is 16.6. The van der Waals surface area contributed by atoms with Gasteiger partial charge in [-0.2, -0.15) is 0 Å². The van der Waals surface area contributed by atoms with Crippen LogP contribution in [0, 0.1) is 0 Å². The van der Waals surface area contributed by atoms with E-state index in [-0.39, 0.29) is 17.9 Å². The Morgan fingerprint density at radius 3 is 2.00 bits per heavy atom. The van der Waals surface area contributed by atoms with Gasteiger partial charge < -0.3 is 30.0 Å². The molecule has 0 spiro atoms. The van der Waals surface area contributed by atoms with Crippen molar-refractivity contribution in [1.82, 2.24) is 5.32 Å². The van der Waals surface area contributed by atoms with Crippen molar-refractivity contribution in [3.8, 4) is 11.5 Å². The molecule has 0 heterocycles. The number of rotatable bonds is 18. The largest absolute Gasteiger partial charge is 0.494 e. The van der Waals surface area contributed by atoms with Crippen molar-refractivity contribution in [2.45, 2.75) is 57.6 Å². The lowest BCUT2D eigenvalue weighted by atomic mass is 10.0. The molecule has 2 amide bonds.